The predicted octanol–water partition coefficient (Wildman–Crippen LogP) is 0.654. The van der Waals surface area contributed by atoms with E-state index in [2.05, 4.69) is 24.1 Å². The highest BCUT2D eigenvalue weighted by atomic mass is 16.5. The van der Waals surface area contributed by atoms with Gasteiger partial charge in [-0.15, -0.1) is 0 Å². The van der Waals surface area contributed by atoms with Crippen molar-refractivity contribution in [2.75, 3.05) is 39.9 Å². The smallest absolute Gasteiger partial charge is 0.322 e. The average molecular weight is 246 g/mol. The molecule has 0 aliphatic carbocycles. The summed E-state index contributed by atoms with van der Waals surface area (Å²) in [4.78, 5) is 13.2. The largest absolute Gasteiger partial charge is 0.480 e. The standard InChI is InChI=1S/C12H26N2O3/c1-5-13-11(12(15)16)9-14(6-7-17-4)8-10(2)3/h10-11,13H,5-9H2,1-4H3,(H,15,16). The van der Waals surface area contributed by atoms with Crippen molar-refractivity contribution in [2.24, 2.45) is 5.92 Å². The third kappa shape index (κ3) is 8.12. The van der Waals surface area contributed by atoms with Gasteiger partial charge in [0.15, 0.2) is 0 Å². The fourth-order valence-corrected chi connectivity index (χ4v) is 1.73. The molecule has 102 valence electrons. The normalized spacial score (nSPS) is 13.3. The minimum atomic E-state index is -0.793. The molecule has 2 N–H and O–H groups in total. The van der Waals surface area contributed by atoms with Gasteiger partial charge in [-0.1, -0.05) is 20.8 Å². The lowest BCUT2D eigenvalue weighted by Gasteiger charge is -2.27. The van der Waals surface area contributed by atoms with E-state index in [0.29, 0.717) is 25.6 Å². The van der Waals surface area contributed by atoms with Crippen molar-refractivity contribution in [1.82, 2.24) is 10.2 Å². The Balaban J connectivity index is 4.29. The molecular formula is C12H26N2O3. The number of nitrogens with one attached hydrogen (secondary N) is 1. The Bertz CT molecular complexity index is 210. The zero-order chi connectivity index (χ0) is 13.3. The van der Waals surface area contributed by atoms with E-state index in [9.17, 15) is 4.79 Å². The van der Waals surface area contributed by atoms with Crippen molar-refractivity contribution in [3.63, 3.8) is 0 Å². The lowest BCUT2D eigenvalue weighted by Crippen LogP contribution is -2.47. The van der Waals surface area contributed by atoms with Crippen molar-refractivity contribution < 1.29 is 14.6 Å². The number of likely N-dealkylation sites (N-methyl/N-ethyl adjacent to an activating group) is 1. The molecule has 0 saturated heterocycles. The van der Waals surface area contributed by atoms with Gasteiger partial charge >= 0.3 is 5.97 Å². The van der Waals surface area contributed by atoms with Crippen LogP contribution in [0.2, 0.25) is 0 Å². The Labute approximate surface area is 104 Å². The van der Waals surface area contributed by atoms with Crippen LogP contribution in [0.15, 0.2) is 0 Å². The van der Waals surface area contributed by atoms with Crippen LogP contribution < -0.4 is 5.32 Å². The molecule has 0 aromatic heterocycles. The first-order chi connectivity index (χ1) is 8.01. The lowest BCUT2D eigenvalue weighted by atomic mass is 10.2. The molecule has 0 saturated carbocycles. The monoisotopic (exact) mass is 246 g/mol. The van der Waals surface area contributed by atoms with Gasteiger partial charge in [0, 0.05) is 26.7 Å². The van der Waals surface area contributed by atoms with Crippen molar-refractivity contribution in [3.05, 3.63) is 0 Å². The van der Waals surface area contributed by atoms with Crippen LogP contribution in [-0.2, 0) is 9.53 Å². The van der Waals surface area contributed by atoms with Crippen LogP contribution in [0.3, 0.4) is 0 Å². The first kappa shape index (κ1) is 16.4. The van der Waals surface area contributed by atoms with Crippen molar-refractivity contribution in [1.29, 1.82) is 0 Å². The lowest BCUT2D eigenvalue weighted by molar-refractivity contribution is -0.140. The SMILES string of the molecule is CCNC(CN(CCOC)CC(C)C)C(=O)O. The van der Waals surface area contributed by atoms with Crippen molar-refractivity contribution in [2.45, 2.75) is 26.8 Å². The number of ether oxygens (including phenoxy) is 1. The predicted molar refractivity (Wildman–Crippen MR) is 68.3 cm³/mol. The molecule has 17 heavy (non-hydrogen) atoms. The third-order valence-corrected chi connectivity index (χ3v) is 2.42. The molecule has 0 aromatic carbocycles. The zero-order valence-corrected chi connectivity index (χ0v) is 11.4. The molecule has 1 unspecified atom stereocenters. The Kier molecular flexibility index (Phi) is 9.03. The first-order valence-corrected chi connectivity index (χ1v) is 6.18. The third-order valence-electron chi connectivity index (χ3n) is 2.42. The molecule has 0 fully saturated rings. The van der Waals surface area contributed by atoms with Gasteiger partial charge in [-0.25, -0.2) is 0 Å². The first-order valence-electron chi connectivity index (χ1n) is 6.18. The Morgan fingerprint density at radius 2 is 2.06 bits per heavy atom. The Morgan fingerprint density at radius 3 is 2.47 bits per heavy atom. The summed E-state index contributed by atoms with van der Waals surface area (Å²) in [6.45, 7) is 9.64. The molecule has 1 atom stereocenters. The molecule has 5 nitrogen and oxygen atoms in total. The van der Waals surface area contributed by atoms with E-state index in [4.69, 9.17) is 9.84 Å². The van der Waals surface area contributed by atoms with E-state index in [1.165, 1.54) is 0 Å². The summed E-state index contributed by atoms with van der Waals surface area (Å²) in [5.41, 5.74) is 0. The average Bonchev–Trinajstić information content (AvgIpc) is 2.24. The van der Waals surface area contributed by atoms with Crippen LogP contribution in [0.5, 0.6) is 0 Å². The maximum atomic E-state index is 11.1. The molecular weight excluding hydrogens is 220 g/mol. The Morgan fingerprint density at radius 1 is 1.41 bits per heavy atom. The number of methoxy groups -OCH3 is 1. The van der Waals surface area contributed by atoms with E-state index >= 15 is 0 Å². The van der Waals surface area contributed by atoms with Crippen LogP contribution in [0, 0.1) is 5.92 Å². The summed E-state index contributed by atoms with van der Waals surface area (Å²) in [5.74, 6) is -0.277. The van der Waals surface area contributed by atoms with Crippen LogP contribution in [0.4, 0.5) is 0 Å². The fourth-order valence-electron chi connectivity index (χ4n) is 1.73. The molecule has 0 aromatic rings. The summed E-state index contributed by atoms with van der Waals surface area (Å²) in [6.07, 6.45) is 0. The zero-order valence-electron chi connectivity index (χ0n) is 11.4. The van der Waals surface area contributed by atoms with E-state index in [0.717, 1.165) is 13.1 Å². The number of carbonyl (C=O) groups is 1. The second-order valence-corrected chi connectivity index (χ2v) is 4.59. The van der Waals surface area contributed by atoms with Gasteiger partial charge in [-0.3, -0.25) is 9.69 Å². The Hall–Kier alpha value is -0.650. The van der Waals surface area contributed by atoms with E-state index < -0.39 is 12.0 Å². The highest BCUT2D eigenvalue weighted by Gasteiger charge is 2.20. The number of hydrogen-bond acceptors (Lipinski definition) is 4. The van der Waals surface area contributed by atoms with Gasteiger partial charge in [0.2, 0.25) is 0 Å². The van der Waals surface area contributed by atoms with Gasteiger partial charge < -0.3 is 15.2 Å². The summed E-state index contributed by atoms with van der Waals surface area (Å²) < 4.78 is 5.05. The minimum Gasteiger partial charge on any atom is -0.480 e. The van der Waals surface area contributed by atoms with Gasteiger partial charge in [-0.2, -0.15) is 0 Å². The van der Waals surface area contributed by atoms with Gasteiger partial charge in [0.1, 0.15) is 6.04 Å². The molecule has 0 radical (unpaired) electrons. The maximum absolute atomic E-state index is 11.1. The molecule has 0 aliphatic heterocycles. The molecule has 0 heterocycles. The number of rotatable bonds is 10. The minimum absolute atomic E-state index is 0.504. The van der Waals surface area contributed by atoms with Gasteiger partial charge in [0.25, 0.3) is 0 Å². The molecule has 0 aliphatic rings. The van der Waals surface area contributed by atoms with Crippen molar-refractivity contribution in [3.8, 4) is 0 Å². The molecule has 0 bridgehead atoms. The van der Waals surface area contributed by atoms with E-state index in [1.807, 2.05) is 6.92 Å². The van der Waals surface area contributed by atoms with Gasteiger partial charge in [0.05, 0.1) is 6.61 Å². The highest BCUT2D eigenvalue weighted by Crippen LogP contribution is 2.01. The quantitative estimate of drug-likeness (QED) is 0.593. The highest BCUT2D eigenvalue weighted by molar-refractivity contribution is 5.73. The van der Waals surface area contributed by atoms with E-state index in [1.54, 1.807) is 7.11 Å². The second-order valence-electron chi connectivity index (χ2n) is 4.59. The van der Waals surface area contributed by atoms with Crippen molar-refractivity contribution >= 4 is 5.97 Å². The number of hydrogen-bond donors (Lipinski definition) is 2. The second kappa shape index (κ2) is 9.39. The molecule has 5 heteroatoms. The maximum Gasteiger partial charge on any atom is 0.322 e. The molecule has 0 spiro atoms. The van der Waals surface area contributed by atoms with Crippen LogP contribution >= 0.6 is 0 Å². The topological polar surface area (TPSA) is 61.8 Å². The van der Waals surface area contributed by atoms with Crippen LogP contribution in [0.25, 0.3) is 0 Å². The van der Waals surface area contributed by atoms with Crippen LogP contribution in [0.1, 0.15) is 20.8 Å². The summed E-state index contributed by atoms with van der Waals surface area (Å²) >= 11 is 0. The number of aliphatic carboxylic acids is 1. The fraction of sp³-hybridized carbons (Fsp3) is 0.917. The molecule has 0 amide bonds. The summed E-state index contributed by atoms with van der Waals surface area (Å²) in [7, 11) is 1.66. The summed E-state index contributed by atoms with van der Waals surface area (Å²) in [5, 5.41) is 12.1. The van der Waals surface area contributed by atoms with Gasteiger partial charge in [-0.05, 0) is 12.5 Å². The molecule has 0 rings (SSSR count). The number of carboxylic acid groups (broad SMARTS) is 1. The van der Waals surface area contributed by atoms with Crippen LogP contribution in [-0.4, -0.2) is 61.9 Å². The number of nitrogens with zero attached hydrogens (tertiary/aromatic N) is 1. The van der Waals surface area contributed by atoms with E-state index in [-0.39, 0.29) is 0 Å². The number of carboxylic acids is 1. The summed E-state index contributed by atoms with van der Waals surface area (Å²) in [6, 6.07) is -0.504.